The van der Waals surface area contributed by atoms with Crippen molar-refractivity contribution in [2.75, 3.05) is 18.9 Å². The number of nitrogens with two attached hydrogens (primary N) is 1. The average Bonchev–Trinajstić information content (AvgIpc) is 2.82. The Morgan fingerprint density at radius 3 is 3.18 bits per heavy atom. The Morgan fingerprint density at radius 2 is 2.53 bits per heavy atom. The molecule has 0 radical (unpaired) electrons. The number of carbonyl (C=O) groups is 1. The molecule has 0 saturated carbocycles. The first kappa shape index (κ1) is 11.9. The van der Waals surface area contributed by atoms with Gasteiger partial charge in [-0.3, -0.25) is 4.79 Å². The van der Waals surface area contributed by atoms with E-state index in [-0.39, 0.29) is 11.9 Å². The van der Waals surface area contributed by atoms with Gasteiger partial charge in [-0.25, -0.2) is 4.98 Å². The quantitative estimate of drug-likeness (QED) is 0.813. The van der Waals surface area contributed by atoms with Gasteiger partial charge in [-0.1, -0.05) is 0 Å². The van der Waals surface area contributed by atoms with E-state index in [0.717, 1.165) is 13.0 Å². The number of aromatic nitrogens is 1. The van der Waals surface area contributed by atoms with Gasteiger partial charge in [0.1, 0.15) is 0 Å². The number of nitrogens with zero attached hydrogens (tertiary/aromatic N) is 1. The fraction of sp³-hybridized carbons (Fsp3) is 0.500. The molecular weight excluding hydrogens is 218 g/mol. The third-order valence-electron chi connectivity index (χ3n) is 3.08. The molecule has 0 aliphatic carbocycles. The highest BCUT2D eigenvalue weighted by Gasteiger charge is 2.24. The monoisotopic (exact) mass is 235 g/mol. The van der Waals surface area contributed by atoms with Crippen LogP contribution >= 0.6 is 0 Å². The van der Waals surface area contributed by atoms with Crippen LogP contribution in [0.1, 0.15) is 23.8 Å². The van der Waals surface area contributed by atoms with Gasteiger partial charge in [-0.2, -0.15) is 0 Å². The van der Waals surface area contributed by atoms with Crippen LogP contribution < -0.4 is 11.1 Å². The average molecular weight is 235 g/mol. The fourth-order valence-corrected chi connectivity index (χ4v) is 1.95. The topological polar surface area (TPSA) is 77.2 Å². The molecule has 5 nitrogen and oxygen atoms in total. The van der Waals surface area contributed by atoms with Gasteiger partial charge in [0.25, 0.3) is 5.91 Å². The molecule has 1 saturated heterocycles. The molecule has 0 aromatic carbocycles. The Bertz CT molecular complexity index is 402. The molecule has 2 atom stereocenters. The van der Waals surface area contributed by atoms with Gasteiger partial charge in [0, 0.05) is 24.8 Å². The van der Waals surface area contributed by atoms with E-state index in [2.05, 4.69) is 10.3 Å². The molecule has 2 heterocycles. The zero-order valence-electron chi connectivity index (χ0n) is 9.85. The Morgan fingerprint density at radius 1 is 1.71 bits per heavy atom. The zero-order chi connectivity index (χ0) is 12.3. The van der Waals surface area contributed by atoms with Crippen LogP contribution in [0.3, 0.4) is 0 Å². The minimum Gasteiger partial charge on any atom is -0.397 e. The summed E-state index contributed by atoms with van der Waals surface area (Å²) >= 11 is 0. The van der Waals surface area contributed by atoms with Crippen molar-refractivity contribution >= 4 is 11.6 Å². The summed E-state index contributed by atoms with van der Waals surface area (Å²) in [5, 5.41) is 2.92. The predicted octanol–water partition coefficient (Wildman–Crippen LogP) is 0.819. The maximum Gasteiger partial charge on any atom is 0.272 e. The van der Waals surface area contributed by atoms with Gasteiger partial charge >= 0.3 is 0 Å². The molecule has 17 heavy (non-hydrogen) atoms. The van der Waals surface area contributed by atoms with Gasteiger partial charge in [0.15, 0.2) is 5.69 Å². The second-order valence-corrected chi connectivity index (χ2v) is 4.33. The summed E-state index contributed by atoms with van der Waals surface area (Å²) in [5.41, 5.74) is 6.40. The van der Waals surface area contributed by atoms with Crippen LogP contribution in [-0.4, -0.2) is 30.1 Å². The van der Waals surface area contributed by atoms with E-state index in [9.17, 15) is 4.79 Å². The van der Waals surface area contributed by atoms with E-state index in [1.807, 2.05) is 6.92 Å². The number of rotatable bonds is 3. The largest absolute Gasteiger partial charge is 0.397 e. The molecule has 1 fully saturated rings. The van der Waals surface area contributed by atoms with Crippen LogP contribution in [0.5, 0.6) is 0 Å². The van der Waals surface area contributed by atoms with E-state index in [1.165, 1.54) is 0 Å². The Labute approximate surface area is 100 Å². The lowest BCUT2D eigenvalue weighted by Crippen LogP contribution is -2.39. The molecule has 5 heteroatoms. The number of pyridine rings is 1. The van der Waals surface area contributed by atoms with Crippen molar-refractivity contribution in [3.63, 3.8) is 0 Å². The van der Waals surface area contributed by atoms with Crippen LogP contribution in [0.4, 0.5) is 5.69 Å². The SMILES string of the molecule is CC(NC(=O)c1ncccc1N)C1CCOC1. The predicted molar refractivity (Wildman–Crippen MR) is 64.5 cm³/mol. The third kappa shape index (κ3) is 2.74. The first-order valence-corrected chi connectivity index (χ1v) is 5.77. The summed E-state index contributed by atoms with van der Waals surface area (Å²) in [7, 11) is 0. The summed E-state index contributed by atoms with van der Waals surface area (Å²) in [6, 6.07) is 3.46. The molecule has 0 bridgehead atoms. The van der Waals surface area contributed by atoms with Crippen molar-refractivity contribution < 1.29 is 9.53 Å². The molecule has 2 unspecified atom stereocenters. The second kappa shape index (κ2) is 5.14. The van der Waals surface area contributed by atoms with Gasteiger partial charge in [0.05, 0.1) is 12.3 Å². The Hall–Kier alpha value is -1.62. The highest BCUT2D eigenvalue weighted by molar-refractivity contribution is 5.97. The highest BCUT2D eigenvalue weighted by atomic mass is 16.5. The summed E-state index contributed by atoms with van der Waals surface area (Å²) in [6.45, 7) is 3.46. The molecule has 3 N–H and O–H groups in total. The molecular formula is C12H17N3O2. The van der Waals surface area contributed by atoms with Crippen LogP contribution in [0.2, 0.25) is 0 Å². The van der Waals surface area contributed by atoms with Gasteiger partial charge in [-0.15, -0.1) is 0 Å². The zero-order valence-corrected chi connectivity index (χ0v) is 9.85. The van der Waals surface area contributed by atoms with E-state index >= 15 is 0 Å². The lowest BCUT2D eigenvalue weighted by atomic mass is 10.0. The minimum atomic E-state index is -0.220. The Kier molecular flexibility index (Phi) is 3.58. The molecule has 0 spiro atoms. The number of anilines is 1. The minimum absolute atomic E-state index is 0.0754. The number of hydrogen-bond donors (Lipinski definition) is 2. The lowest BCUT2D eigenvalue weighted by Gasteiger charge is -2.19. The summed E-state index contributed by atoms with van der Waals surface area (Å²) < 4.78 is 5.30. The number of carbonyl (C=O) groups excluding carboxylic acids is 1. The number of nitrogens with one attached hydrogen (secondary N) is 1. The first-order valence-electron chi connectivity index (χ1n) is 5.77. The number of ether oxygens (including phenoxy) is 1. The van der Waals surface area contributed by atoms with Crippen LogP contribution in [0.25, 0.3) is 0 Å². The fourth-order valence-electron chi connectivity index (χ4n) is 1.95. The van der Waals surface area contributed by atoms with Crippen LogP contribution in [-0.2, 0) is 4.74 Å². The van der Waals surface area contributed by atoms with Crippen molar-refractivity contribution in [1.82, 2.24) is 10.3 Å². The van der Waals surface area contributed by atoms with Gasteiger partial charge in [0.2, 0.25) is 0 Å². The van der Waals surface area contributed by atoms with Gasteiger partial charge < -0.3 is 15.8 Å². The smallest absolute Gasteiger partial charge is 0.272 e. The second-order valence-electron chi connectivity index (χ2n) is 4.33. The van der Waals surface area contributed by atoms with Crippen molar-refractivity contribution in [2.45, 2.75) is 19.4 Å². The number of nitrogen functional groups attached to an aromatic ring is 1. The number of hydrogen-bond acceptors (Lipinski definition) is 4. The van der Waals surface area contributed by atoms with Crippen molar-refractivity contribution in [2.24, 2.45) is 5.92 Å². The van der Waals surface area contributed by atoms with Crippen molar-refractivity contribution in [3.8, 4) is 0 Å². The highest BCUT2D eigenvalue weighted by Crippen LogP contribution is 2.17. The normalized spacial score (nSPS) is 21.1. The molecule has 1 aromatic heterocycles. The molecule has 92 valence electrons. The first-order chi connectivity index (χ1) is 8.18. The van der Waals surface area contributed by atoms with Gasteiger partial charge in [-0.05, 0) is 25.5 Å². The summed E-state index contributed by atoms with van der Waals surface area (Å²) in [5.74, 6) is 0.159. The van der Waals surface area contributed by atoms with E-state index in [0.29, 0.717) is 23.9 Å². The molecule has 1 aliphatic heterocycles. The maximum absolute atomic E-state index is 11.9. The molecule has 1 aliphatic rings. The standard InChI is InChI=1S/C12H17N3O2/c1-8(9-4-6-17-7-9)15-12(16)11-10(13)3-2-5-14-11/h2-3,5,8-9H,4,6-7,13H2,1H3,(H,15,16). The summed E-state index contributed by atoms with van der Waals surface area (Å²) in [4.78, 5) is 15.9. The Balaban J connectivity index is 1.99. The van der Waals surface area contributed by atoms with Crippen molar-refractivity contribution in [1.29, 1.82) is 0 Å². The van der Waals surface area contributed by atoms with E-state index in [4.69, 9.17) is 10.5 Å². The maximum atomic E-state index is 11.9. The van der Waals surface area contributed by atoms with Crippen LogP contribution in [0.15, 0.2) is 18.3 Å². The molecule has 1 amide bonds. The number of amides is 1. The third-order valence-corrected chi connectivity index (χ3v) is 3.08. The summed E-state index contributed by atoms with van der Waals surface area (Å²) in [6.07, 6.45) is 2.55. The lowest BCUT2D eigenvalue weighted by molar-refractivity contribution is 0.0918. The van der Waals surface area contributed by atoms with E-state index < -0.39 is 0 Å². The van der Waals surface area contributed by atoms with E-state index in [1.54, 1.807) is 18.3 Å². The van der Waals surface area contributed by atoms with Crippen LogP contribution in [0, 0.1) is 5.92 Å². The molecule has 1 aromatic rings. The molecule has 2 rings (SSSR count). The van der Waals surface area contributed by atoms with Crippen molar-refractivity contribution in [3.05, 3.63) is 24.0 Å².